The molecule has 0 N–H and O–H groups in total. The molecule has 0 bridgehead atoms. The number of rotatable bonds is 8. The first-order valence-corrected chi connectivity index (χ1v) is 11.9. The summed E-state index contributed by atoms with van der Waals surface area (Å²) in [5, 5.41) is 0. The van der Waals surface area contributed by atoms with Crippen molar-refractivity contribution in [2.24, 2.45) is 0 Å². The molecule has 2 aromatic carbocycles. The summed E-state index contributed by atoms with van der Waals surface area (Å²) in [4.78, 5) is 37.3. The molecule has 1 fully saturated rings. The lowest BCUT2D eigenvalue weighted by Crippen LogP contribution is -2.35. The summed E-state index contributed by atoms with van der Waals surface area (Å²) in [6, 6.07) is 10.7. The van der Waals surface area contributed by atoms with Crippen LogP contribution in [0.4, 0.5) is 5.69 Å². The van der Waals surface area contributed by atoms with Gasteiger partial charge in [0.2, 0.25) is 5.91 Å². The van der Waals surface area contributed by atoms with Crippen molar-refractivity contribution in [1.82, 2.24) is 4.90 Å². The summed E-state index contributed by atoms with van der Waals surface area (Å²) in [7, 11) is -2.57. The summed E-state index contributed by atoms with van der Waals surface area (Å²) < 4.78 is 37.9. The largest absolute Gasteiger partial charge is 0.494 e. The van der Waals surface area contributed by atoms with Gasteiger partial charge in [-0.3, -0.25) is 18.8 Å². The molecule has 0 spiro atoms. The number of hydrogen-bond acceptors (Lipinski definition) is 7. The number of aryl methyl sites for hydroxylation is 1. The normalized spacial score (nSPS) is 13.7. The molecule has 9 nitrogen and oxygen atoms in total. The Hall–Kier alpha value is -3.40. The van der Waals surface area contributed by atoms with E-state index in [-0.39, 0.29) is 16.4 Å². The Morgan fingerprint density at radius 3 is 2.42 bits per heavy atom. The number of carbonyl (C=O) groups is 3. The fourth-order valence-corrected chi connectivity index (χ4v) is 4.61. The Labute approximate surface area is 192 Å². The van der Waals surface area contributed by atoms with Gasteiger partial charge in [-0.25, -0.2) is 13.2 Å². The maximum Gasteiger partial charge on any atom is 0.338 e. The molecule has 0 aliphatic carbocycles. The molecule has 3 rings (SSSR count). The molecule has 2 amide bonds. The zero-order chi connectivity index (χ0) is 24.2. The third-order valence-corrected chi connectivity index (χ3v) is 7.08. The predicted molar refractivity (Wildman–Crippen MR) is 121 cm³/mol. The topological polar surface area (TPSA) is 110 Å². The number of carbonyl (C=O) groups excluding carboxylic acids is 3. The predicted octanol–water partition coefficient (Wildman–Crippen LogP) is 2.52. The average molecular weight is 475 g/mol. The van der Waals surface area contributed by atoms with Crippen molar-refractivity contribution >= 4 is 33.5 Å². The minimum atomic E-state index is -3.98. The molecule has 176 valence electrons. The van der Waals surface area contributed by atoms with E-state index in [1.807, 2.05) is 6.92 Å². The number of esters is 1. The van der Waals surface area contributed by atoms with E-state index in [1.165, 1.54) is 25.2 Å². The Balaban J connectivity index is 1.76. The highest BCUT2D eigenvalue weighted by atomic mass is 32.2. The number of ether oxygens (including phenoxy) is 2. The third-order valence-electron chi connectivity index (χ3n) is 5.30. The van der Waals surface area contributed by atoms with Crippen molar-refractivity contribution in [3.05, 3.63) is 53.6 Å². The SMILES string of the molecule is CCOc1ccc(N(C)S(=O)(=O)c2ccc(C)c(C(=O)OCC(=O)N3CCCC3=O)c2)cc1. The lowest BCUT2D eigenvalue weighted by Gasteiger charge is -2.20. The van der Waals surface area contributed by atoms with Gasteiger partial charge < -0.3 is 9.47 Å². The number of hydrogen-bond donors (Lipinski definition) is 0. The first kappa shape index (κ1) is 24.2. The summed E-state index contributed by atoms with van der Waals surface area (Å²) in [6.45, 7) is 3.70. The molecule has 0 atom stereocenters. The Morgan fingerprint density at radius 2 is 1.82 bits per heavy atom. The highest BCUT2D eigenvalue weighted by molar-refractivity contribution is 7.92. The van der Waals surface area contributed by atoms with Crippen LogP contribution >= 0.6 is 0 Å². The molecular weight excluding hydrogens is 448 g/mol. The molecule has 1 aliphatic rings. The van der Waals surface area contributed by atoms with Crippen molar-refractivity contribution in [1.29, 1.82) is 0 Å². The molecule has 0 radical (unpaired) electrons. The first-order valence-electron chi connectivity index (χ1n) is 10.5. The van der Waals surface area contributed by atoms with Gasteiger partial charge in [-0.2, -0.15) is 0 Å². The molecule has 1 saturated heterocycles. The van der Waals surface area contributed by atoms with Gasteiger partial charge in [0.15, 0.2) is 6.61 Å². The van der Waals surface area contributed by atoms with E-state index in [1.54, 1.807) is 31.2 Å². The monoisotopic (exact) mass is 474 g/mol. The number of imide groups is 1. The fraction of sp³-hybridized carbons (Fsp3) is 0.348. The van der Waals surface area contributed by atoms with E-state index >= 15 is 0 Å². The molecule has 0 aromatic heterocycles. The lowest BCUT2D eigenvalue weighted by atomic mass is 10.1. The molecular formula is C23H26N2O7S. The van der Waals surface area contributed by atoms with Crippen LogP contribution in [0.25, 0.3) is 0 Å². The quantitative estimate of drug-likeness (QED) is 0.541. The van der Waals surface area contributed by atoms with Gasteiger partial charge >= 0.3 is 5.97 Å². The van der Waals surface area contributed by atoms with E-state index in [0.29, 0.717) is 43.0 Å². The van der Waals surface area contributed by atoms with Crippen LogP contribution in [0.15, 0.2) is 47.4 Å². The standard InChI is InChI=1S/C23H26N2O7S/c1-4-31-18-10-8-17(9-11-18)24(3)33(29,30)19-12-7-16(2)20(14-19)23(28)32-15-22(27)25-13-5-6-21(25)26/h7-12,14H,4-6,13,15H2,1-3H3. The van der Waals surface area contributed by atoms with Gasteiger partial charge in [0.25, 0.3) is 15.9 Å². The van der Waals surface area contributed by atoms with Crippen LogP contribution in [0.5, 0.6) is 5.75 Å². The fourth-order valence-electron chi connectivity index (χ4n) is 3.39. The average Bonchev–Trinajstić information content (AvgIpc) is 3.23. The van der Waals surface area contributed by atoms with Gasteiger partial charge in [-0.15, -0.1) is 0 Å². The zero-order valence-electron chi connectivity index (χ0n) is 18.7. The smallest absolute Gasteiger partial charge is 0.338 e. The van der Waals surface area contributed by atoms with Gasteiger partial charge in [0.1, 0.15) is 5.75 Å². The Kier molecular flexibility index (Phi) is 7.37. The second-order valence-electron chi connectivity index (χ2n) is 7.49. The third kappa shape index (κ3) is 5.33. The maximum absolute atomic E-state index is 13.1. The number of anilines is 1. The molecule has 0 unspecified atom stereocenters. The highest BCUT2D eigenvalue weighted by Gasteiger charge is 2.28. The van der Waals surface area contributed by atoms with Crippen molar-refractivity contribution in [2.75, 3.05) is 31.1 Å². The minimum absolute atomic E-state index is 0.0247. The van der Waals surface area contributed by atoms with Crippen molar-refractivity contribution in [2.45, 2.75) is 31.6 Å². The van der Waals surface area contributed by atoms with Crippen LogP contribution in [0.2, 0.25) is 0 Å². The summed E-state index contributed by atoms with van der Waals surface area (Å²) >= 11 is 0. The Bertz CT molecular complexity index is 1160. The molecule has 2 aromatic rings. The second-order valence-corrected chi connectivity index (χ2v) is 9.46. The van der Waals surface area contributed by atoms with Crippen LogP contribution < -0.4 is 9.04 Å². The number of amides is 2. The van der Waals surface area contributed by atoms with Crippen molar-refractivity contribution in [3.8, 4) is 5.75 Å². The summed E-state index contributed by atoms with van der Waals surface area (Å²) in [5.41, 5.74) is 0.938. The first-order chi connectivity index (χ1) is 15.6. The van der Waals surface area contributed by atoms with Gasteiger partial charge in [0.05, 0.1) is 22.8 Å². The van der Waals surface area contributed by atoms with E-state index < -0.39 is 28.5 Å². The van der Waals surface area contributed by atoms with E-state index in [2.05, 4.69) is 0 Å². The molecule has 0 saturated carbocycles. The maximum atomic E-state index is 13.1. The minimum Gasteiger partial charge on any atom is -0.494 e. The van der Waals surface area contributed by atoms with Crippen LogP contribution in [-0.2, 0) is 24.3 Å². The molecule has 33 heavy (non-hydrogen) atoms. The van der Waals surface area contributed by atoms with E-state index in [0.717, 1.165) is 9.21 Å². The van der Waals surface area contributed by atoms with Gasteiger partial charge in [0, 0.05) is 20.0 Å². The summed E-state index contributed by atoms with van der Waals surface area (Å²) in [6.07, 6.45) is 0.875. The Morgan fingerprint density at radius 1 is 1.12 bits per heavy atom. The van der Waals surface area contributed by atoms with E-state index in [9.17, 15) is 22.8 Å². The van der Waals surface area contributed by atoms with E-state index in [4.69, 9.17) is 9.47 Å². The highest BCUT2D eigenvalue weighted by Crippen LogP contribution is 2.26. The number of nitrogens with zero attached hydrogens (tertiary/aromatic N) is 2. The van der Waals surface area contributed by atoms with Crippen LogP contribution in [0, 0.1) is 6.92 Å². The van der Waals surface area contributed by atoms with Crippen molar-refractivity contribution in [3.63, 3.8) is 0 Å². The molecule has 10 heteroatoms. The number of sulfonamides is 1. The zero-order valence-corrected chi connectivity index (χ0v) is 19.6. The van der Waals surface area contributed by atoms with Crippen LogP contribution in [0.3, 0.4) is 0 Å². The molecule has 1 heterocycles. The number of likely N-dealkylation sites (tertiary alicyclic amines) is 1. The van der Waals surface area contributed by atoms with Crippen LogP contribution in [-0.4, -0.2) is 57.9 Å². The summed E-state index contributed by atoms with van der Waals surface area (Å²) in [5.74, 6) is -1.11. The van der Waals surface area contributed by atoms with Gasteiger partial charge in [-0.1, -0.05) is 6.07 Å². The number of benzene rings is 2. The molecule has 1 aliphatic heterocycles. The van der Waals surface area contributed by atoms with Crippen LogP contribution in [0.1, 0.15) is 35.7 Å². The second kappa shape index (κ2) is 10.0. The van der Waals surface area contributed by atoms with Gasteiger partial charge in [-0.05, 0) is 62.2 Å². The lowest BCUT2D eigenvalue weighted by molar-refractivity contribution is -0.143. The van der Waals surface area contributed by atoms with Crippen molar-refractivity contribution < 1.29 is 32.3 Å².